The number of hydrogen-bond donors (Lipinski definition) is 1. The van der Waals surface area contributed by atoms with E-state index < -0.39 is 17.7 Å². The molecule has 198 valence electrons. The Hall–Kier alpha value is -3.74. The number of carbonyl (C=O) groups excluding carboxylic acids is 1. The van der Waals surface area contributed by atoms with Gasteiger partial charge in [-0.1, -0.05) is 12.1 Å². The molecule has 0 radical (unpaired) electrons. The van der Waals surface area contributed by atoms with Crippen molar-refractivity contribution >= 4 is 11.9 Å². The number of guanidine groups is 1. The van der Waals surface area contributed by atoms with E-state index >= 15 is 0 Å². The molecule has 0 aliphatic heterocycles. The molecule has 3 rings (SSSR count). The number of aliphatic imine (C=N–C) groups is 1. The summed E-state index contributed by atoms with van der Waals surface area (Å²) >= 11 is 0. The molecule has 0 saturated heterocycles. The van der Waals surface area contributed by atoms with Gasteiger partial charge in [-0.15, -0.1) is 0 Å². The van der Waals surface area contributed by atoms with Gasteiger partial charge < -0.3 is 14.8 Å². The SMILES string of the molecule is CCNC(=NCC1CC1)N(C#N)Cc1cc(C(F)(F)F)ccc1-c1cc(CC(=O)OCC)ccc1OC. The van der Waals surface area contributed by atoms with Crippen LogP contribution in [0.5, 0.6) is 5.75 Å². The number of rotatable bonds is 10. The van der Waals surface area contributed by atoms with Crippen LogP contribution in [0.25, 0.3) is 11.1 Å². The van der Waals surface area contributed by atoms with E-state index in [-0.39, 0.29) is 25.1 Å². The molecule has 1 aliphatic carbocycles. The number of nitriles is 1. The summed E-state index contributed by atoms with van der Waals surface area (Å²) in [6, 6.07) is 8.48. The predicted octanol–water partition coefficient (Wildman–Crippen LogP) is 5.15. The molecule has 10 heteroatoms. The van der Waals surface area contributed by atoms with Crippen LogP contribution in [0.1, 0.15) is 43.4 Å². The second-order valence-corrected chi connectivity index (χ2v) is 8.71. The first-order valence-electron chi connectivity index (χ1n) is 12.2. The van der Waals surface area contributed by atoms with Gasteiger partial charge in [0.2, 0.25) is 5.96 Å². The standard InChI is InChI=1S/C27H31F3N4O3/c1-4-32-26(33-15-18-6-7-18)34(17-31)16-20-14-21(27(28,29)30)9-10-22(20)23-12-19(8-11-24(23)36-3)13-25(35)37-5-2/h8-12,14,18H,4-7,13,15-16H2,1-3H3,(H,32,33). The fourth-order valence-corrected chi connectivity index (χ4v) is 3.86. The molecule has 2 aromatic rings. The van der Waals surface area contributed by atoms with Crippen LogP contribution in [0.2, 0.25) is 0 Å². The topological polar surface area (TPSA) is 87.0 Å². The molecule has 2 aromatic carbocycles. The van der Waals surface area contributed by atoms with Crippen molar-refractivity contribution in [1.29, 1.82) is 5.26 Å². The average Bonchev–Trinajstić information content (AvgIpc) is 3.69. The Morgan fingerprint density at radius 3 is 2.54 bits per heavy atom. The highest BCUT2D eigenvalue weighted by Crippen LogP contribution is 2.38. The first-order valence-corrected chi connectivity index (χ1v) is 12.2. The van der Waals surface area contributed by atoms with Gasteiger partial charge in [-0.2, -0.15) is 18.4 Å². The summed E-state index contributed by atoms with van der Waals surface area (Å²) < 4.78 is 51.5. The first kappa shape index (κ1) is 27.8. The van der Waals surface area contributed by atoms with Crippen LogP contribution in [-0.4, -0.2) is 43.6 Å². The largest absolute Gasteiger partial charge is 0.496 e. The van der Waals surface area contributed by atoms with Crippen molar-refractivity contribution in [3.8, 4) is 23.1 Å². The molecule has 1 saturated carbocycles. The highest BCUT2D eigenvalue weighted by atomic mass is 19.4. The Labute approximate surface area is 214 Å². The lowest BCUT2D eigenvalue weighted by atomic mass is 9.94. The average molecular weight is 517 g/mol. The maximum atomic E-state index is 13.7. The molecule has 0 heterocycles. The van der Waals surface area contributed by atoms with Crippen molar-refractivity contribution < 1.29 is 27.4 Å². The van der Waals surface area contributed by atoms with Crippen LogP contribution in [0.15, 0.2) is 41.4 Å². The molecule has 1 N–H and O–H groups in total. The van der Waals surface area contributed by atoms with Crippen molar-refractivity contribution in [2.24, 2.45) is 10.9 Å². The van der Waals surface area contributed by atoms with Gasteiger partial charge in [-0.05, 0) is 73.6 Å². The molecular formula is C27H31F3N4O3. The number of esters is 1. The van der Waals surface area contributed by atoms with Crippen molar-refractivity contribution in [1.82, 2.24) is 10.2 Å². The van der Waals surface area contributed by atoms with E-state index in [1.807, 2.05) is 6.92 Å². The number of alkyl halides is 3. The van der Waals surface area contributed by atoms with Gasteiger partial charge >= 0.3 is 12.1 Å². The number of hydrogen-bond acceptors (Lipinski definition) is 5. The van der Waals surface area contributed by atoms with E-state index in [0.29, 0.717) is 47.4 Å². The Morgan fingerprint density at radius 2 is 1.95 bits per heavy atom. The first-order chi connectivity index (χ1) is 17.7. The van der Waals surface area contributed by atoms with Crippen LogP contribution in [-0.2, 0) is 28.7 Å². The lowest BCUT2D eigenvalue weighted by Crippen LogP contribution is -2.38. The lowest BCUT2D eigenvalue weighted by molar-refractivity contribution is -0.142. The maximum absolute atomic E-state index is 13.7. The van der Waals surface area contributed by atoms with Crippen LogP contribution in [0, 0.1) is 17.4 Å². The van der Waals surface area contributed by atoms with Gasteiger partial charge in [0.05, 0.1) is 32.2 Å². The van der Waals surface area contributed by atoms with Crippen molar-refractivity contribution in [3.05, 3.63) is 53.1 Å². The summed E-state index contributed by atoms with van der Waals surface area (Å²) in [5.41, 5.74) is 1.02. The quantitative estimate of drug-likeness (QED) is 0.155. The minimum absolute atomic E-state index is 0.00349. The molecule has 0 bridgehead atoms. The van der Waals surface area contributed by atoms with Gasteiger partial charge in [-0.25, -0.2) is 4.90 Å². The monoisotopic (exact) mass is 516 g/mol. The number of nitrogens with zero attached hydrogens (tertiary/aromatic N) is 3. The van der Waals surface area contributed by atoms with E-state index in [2.05, 4.69) is 16.5 Å². The summed E-state index contributed by atoms with van der Waals surface area (Å²) in [6.07, 6.45) is -0.341. The zero-order valence-electron chi connectivity index (χ0n) is 21.2. The minimum atomic E-state index is -4.56. The number of nitrogens with one attached hydrogen (secondary N) is 1. The van der Waals surface area contributed by atoms with Crippen LogP contribution < -0.4 is 10.1 Å². The Kier molecular flexibility index (Phi) is 9.39. The van der Waals surface area contributed by atoms with Crippen LogP contribution in [0.4, 0.5) is 13.2 Å². The fourth-order valence-electron chi connectivity index (χ4n) is 3.86. The smallest absolute Gasteiger partial charge is 0.416 e. The van der Waals surface area contributed by atoms with E-state index in [0.717, 1.165) is 25.0 Å². The molecule has 7 nitrogen and oxygen atoms in total. The highest BCUT2D eigenvalue weighted by molar-refractivity contribution is 5.82. The molecular weight excluding hydrogens is 485 g/mol. The van der Waals surface area contributed by atoms with Gasteiger partial charge in [0, 0.05) is 18.7 Å². The van der Waals surface area contributed by atoms with Crippen LogP contribution >= 0.6 is 0 Å². The number of benzene rings is 2. The molecule has 0 spiro atoms. The second kappa shape index (κ2) is 12.5. The Bertz CT molecular complexity index is 1170. The number of halogens is 3. The zero-order valence-corrected chi connectivity index (χ0v) is 21.2. The van der Waals surface area contributed by atoms with Crippen molar-refractivity contribution in [2.45, 2.75) is 45.8 Å². The summed E-state index contributed by atoms with van der Waals surface area (Å²) in [7, 11) is 1.46. The molecule has 0 amide bonds. The molecule has 0 unspecified atom stereocenters. The van der Waals surface area contributed by atoms with E-state index in [4.69, 9.17) is 9.47 Å². The summed E-state index contributed by atoms with van der Waals surface area (Å²) in [5, 5.41) is 13.0. The molecule has 0 atom stereocenters. The lowest BCUT2D eigenvalue weighted by Gasteiger charge is -2.22. The third kappa shape index (κ3) is 7.62. The predicted molar refractivity (Wildman–Crippen MR) is 134 cm³/mol. The van der Waals surface area contributed by atoms with Gasteiger partial charge in [0.15, 0.2) is 6.19 Å². The van der Waals surface area contributed by atoms with E-state index in [1.54, 1.807) is 25.1 Å². The third-order valence-corrected chi connectivity index (χ3v) is 5.88. The molecule has 1 aliphatic rings. The van der Waals surface area contributed by atoms with E-state index in [1.165, 1.54) is 18.1 Å². The number of methoxy groups -OCH3 is 1. The Morgan fingerprint density at radius 1 is 1.19 bits per heavy atom. The summed E-state index contributed by atoms with van der Waals surface area (Å²) in [6.45, 7) is 4.73. The number of ether oxygens (including phenoxy) is 2. The molecule has 37 heavy (non-hydrogen) atoms. The molecule has 0 aromatic heterocycles. The zero-order chi connectivity index (χ0) is 27.0. The normalized spacial score (nSPS) is 13.6. The maximum Gasteiger partial charge on any atom is 0.416 e. The van der Waals surface area contributed by atoms with Gasteiger partial charge in [-0.3, -0.25) is 9.79 Å². The van der Waals surface area contributed by atoms with Crippen molar-refractivity contribution in [2.75, 3.05) is 26.8 Å². The molecule has 1 fully saturated rings. The summed E-state index contributed by atoms with van der Waals surface area (Å²) in [5.74, 6) is 0.809. The fraction of sp³-hybridized carbons (Fsp3) is 0.444. The third-order valence-electron chi connectivity index (χ3n) is 5.88. The van der Waals surface area contributed by atoms with Crippen molar-refractivity contribution in [3.63, 3.8) is 0 Å². The summed E-state index contributed by atoms with van der Waals surface area (Å²) in [4.78, 5) is 17.8. The number of carbonyl (C=O) groups is 1. The van der Waals surface area contributed by atoms with E-state index in [9.17, 15) is 23.2 Å². The Balaban J connectivity index is 2.07. The van der Waals surface area contributed by atoms with Gasteiger partial charge in [0.25, 0.3) is 0 Å². The second-order valence-electron chi connectivity index (χ2n) is 8.71. The highest BCUT2D eigenvalue weighted by Gasteiger charge is 2.32. The van der Waals surface area contributed by atoms with Gasteiger partial charge in [0.1, 0.15) is 5.75 Å². The minimum Gasteiger partial charge on any atom is -0.496 e. The van der Waals surface area contributed by atoms with Crippen LogP contribution in [0.3, 0.4) is 0 Å².